The van der Waals surface area contributed by atoms with Gasteiger partial charge in [-0.1, -0.05) is 0 Å². The monoisotopic (exact) mass is 367 g/mol. The summed E-state index contributed by atoms with van der Waals surface area (Å²) in [6, 6.07) is 7.72. The lowest BCUT2D eigenvalue weighted by atomic mass is 10.2. The van der Waals surface area contributed by atoms with Gasteiger partial charge in [-0.2, -0.15) is 13.2 Å². The van der Waals surface area contributed by atoms with E-state index in [2.05, 4.69) is 4.98 Å². The van der Waals surface area contributed by atoms with Crippen molar-refractivity contribution in [1.29, 1.82) is 0 Å². The van der Waals surface area contributed by atoms with Crippen molar-refractivity contribution in [1.82, 2.24) is 9.88 Å². The van der Waals surface area contributed by atoms with Gasteiger partial charge in [0.05, 0.1) is 5.56 Å². The third-order valence-electron chi connectivity index (χ3n) is 4.27. The predicted octanol–water partition coefficient (Wildman–Crippen LogP) is 3.59. The van der Waals surface area contributed by atoms with Crippen molar-refractivity contribution >= 4 is 11.7 Å². The van der Waals surface area contributed by atoms with Gasteiger partial charge in [0.1, 0.15) is 11.6 Å². The third kappa shape index (κ3) is 4.12. The molecule has 0 radical (unpaired) electrons. The van der Waals surface area contributed by atoms with Crippen LogP contribution < -0.4 is 4.90 Å². The number of halogens is 4. The summed E-state index contributed by atoms with van der Waals surface area (Å²) in [7, 11) is 0. The molecule has 1 aliphatic rings. The van der Waals surface area contributed by atoms with Crippen molar-refractivity contribution in [2.24, 2.45) is 0 Å². The highest BCUT2D eigenvalue weighted by molar-refractivity contribution is 5.94. The van der Waals surface area contributed by atoms with Gasteiger partial charge >= 0.3 is 6.18 Å². The fraction of sp³-hybridized carbons (Fsp3) is 0.333. The Morgan fingerprint density at radius 1 is 0.962 bits per heavy atom. The lowest BCUT2D eigenvalue weighted by Gasteiger charge is -2.23. The average Bonchev–Trinajstić information content (AvgIpc) is 2.87. The molecule has 8 heteroatoms. The number of carbonyl (C=O) groups excluding carboxylic acids is 1. The molecule has 1 aliphatic heterocycles. The molecule has 0 aliphatic carbocycles. The quantitative estimate of drug-likeness (QED) is 0.761. The molecule has 138 valence electrons. The molecule has 1 saturated heterocycles. The Bertz CT molecular complexity index is 760. The largest absolute Gasteiger partial charge is 0.417 e. The number of hydrogen-bond donors (Lipinski definition) is 0. The zero-order chi connectivity index (χ0) is 18.7. The number of hydrogen-bond acceptors (Lipinski definition) is 3. The van der Waals surface area contributed by atoms with E-state index < -0.39 is 17.6 Å². The van der Waals surface area contributed by atoms with Gasteiger partial charge in [0.25, 0.3) is 5.91 Å². The lowest BCUT2D eigenvalue weighted by Crippen LogP contribution is -2.35. The molecule has 0 unspecified atom stereocenters. The van der Waals surface area contributed by atoms with Gasteiger partial charge in [0.15, 0.2) is 0 Å². The van der Waals surface area contributed by atoms with E-state index in [-0.39, 0.29) is 5.91 Å². The fourth-order valence-corrected chi connectivity index (χ4v) is 2.87. The summed E-state index contributed by atoms with van der Waals surface area (Å²) in [6.07, 6.45) is -2.93. The molecule has 0 bridgehead atoms. The average molecular weight is 367 g/mol. The van der Waals surface area contributed by atoms with Crippen LogP contribution >= 0.6 is 0 Å². The summed E-state index contributed by atoms with van der Waals surface area (Å²) < 4.78 is 50.9. The number of aromatic nitrogens is 1. The van der Waals surface area contributed by atoms with Crippen LogP contribution in [0.15, 0.2) is 42.6 Å². The predicted molar refractivity (Wildman–Crippen MR) is 88.4 cm³/mol. The summed E-state index contributed by atoms with van der Waals surface area (Å²) in [5.74, 6) is -0.140. The van der Waals surface area contributed by atoms with Crippen molar-refractivity contribution in [2.75, 3.05) is 31.1 Å². The van der Waals surface area contributed by atoms with Crippen LogP contribution in [0.5, 0.6) is 0 Å². The minimum absolute atomic E-state index is 0.188. The lowest BCUT2D eigenvalue weighted by molar-refractivity contribution is -0.137. The van der Waals surface area contributed by atoms with E-state index in [1.54, 1.807) is 4.90 Å². The van der Waals surface area contributed by atoms with Gasteiger partial charge in [-0.3, -0.25) is 4.79 Å². The summed E-state index contributed by atoms with van der Waals surface area (Å²) in [4.78, 5) is 19.9. The molecule has 0 spiro atoms. The highest BCUT2D eigenvalue weighted by atomic mass is 19.4. The summed E-state index contributed by atoms with van der Waals surface area (Å²) in [6.45, 7) is 1.99. The minimum Gasteiger partial charge on any atom is -0.355 e. The van der Waals surface area contributed by atoms with Crippen LogP contribution in [0.1, 0.15) is 22.3 Å². The van der Waals surface area contributed by atoms with E-state index in [0.29, 0.717) is 44.0 Å². The maximum atomic E-state index is 13.0. The number of pyridine rings is 1. The first-order chi connectivity index (χ1) is 12.3. The molecule has 2 heterocycles. The molecular formula is C18H17F4N3O. The first-order valence-electron chi connectivity index (χ1n) is 8.17. The van der Waals surface area contributed by atoms with E-state index in [0.717, 1.165) is 12.3 Å². The van der Waals surface area contributed by atoms with Gasteiger partial charge in [0.2, 0.25) is 0 Å². The number of rotatable bonds is 2. The Kier molecular flexibility index (Phi) is 5.11. The van der Waals surface area contributed by atoms with Crippen molar-refractivity contribution in [3.05, 3.63) is 59.5 Å². The topological polar surface area (TPSA) is 36.4 Å². The Labute approximate surface area is 148 Å². The second-order valence-electron chi connectivity index (χ2n) is 6.04. The van der Waals surface area contributed by atoms with Crippen LogP contribution in [0.2, 0.25) is 0 Å². The summed E-state index contributed by atoms with van der Waals surface area (Å²) in [5, 5.41) is 0. The van der Waals surface area contributed by atoms with E-state index in [1.165, 1.54) is 30.3 Å². The van der Waals surface area contributed by atoms with Gasteiger partial charge in [-0.25, -0.2) is 9.37 Å². The van der Waals surface area contributed by atoms with E-state index in [9.17, 15) is 22.4 Å². The number of nitrogens with zero attached hydrogens (tertiary/aromatic N) is 3. The Balaban J connectivity index is 1.66. The molecule has 3 rings (SSSR count). The van der Waals surface area contributed by atoms with Gasteiger partial charge in [-0.15, -0.1) is 0 Å². The summed E-state index contributed by atoms with van der Waals surface area (Å²) in [5.41, 5.74) is -0.378. The number of benzene rings is 1. The second kappa shape index (κ2) is 7.31. The molecule has 1 aromatic heterocycles. The Morgan fingerprint density at radius 2 is 1.69 bits per heavy atom. The molecule has 1 aromatic carbocycles. The molecule has 0 atom stereocenters. The molecular weight excluding hydrogens is 350 g/mol. The highest BCUT2D eigenvalue weighted by Gasteiger charge is 2.31. The molecule has 26 heavy (non-hydrogen) atoms. The van der Waals surface area contributed by atoms with E-state index >= 15 is 0 Å². The van der Waals surface area contributed by atoms with Crippen molar-refractivity contribution in [2.45, 2.75) is 12.6 Å². The minimum atomic E-state index is -4.41. The smallest absolute Gasteiger partial charge is 0.355 e. The first kappa shape index (κ1) is 18.2. The molecule has 2 aromatic rings. The third-order valence-corrected chi connectivity index (χ3v) is 4.27. The number of carbonyl (C=O) groups is 1. The molecule has 0 N–H and O–H groups in total. The number of alkyl halides is 3. The van der Waals surface area contributed by atoms with Crippen LogP contribution in [0.3, 0.4) is 0 Å². The van der Waals surface area contributed by atoms with Crippen molar-refractivity contribution < 1.29 is 22.4 Å². The zero-order valence-corrected chi connectivity index (χ0v) is 13.8. The fourth-order valence-electron chi connectivity index (χ4n) is 2.87. The van der Waals surface area contributed by atoms with Crippen LogP contribution in [-0.2, 0) is 6.18 Å². The van der Waals surface area contributed by atoms with Crippen molar-refractivity contribution in [3.63, 3.8) is 0 Å². The molecule has 0 saturated carbocycles. The molecule has 4 nitrogen and oxygen atoms in total. The van der Waals surface area contributed by atoms with Crippen LogP contribution in [0.25, 0.3) is 0 Å². The normalized spacial score (nSPS) is 15.7. The SMILES string of the molecule is O=C(c1ccc(F)cc1)N1CCCN(c2ccc(C(F)(F)F)cn2)CC1. The number of amides is 1. The van der Waals surface area contributed by atoms with E-state index in [1.807, 2.05) is 4.90 Å². The maximum Gasteiger partial charge on any atom is 0.417 e. The summed E-state index contributed by atoms with van der Waals surface area (Å²) >= 11 is 0. The molecule has 1 amide bonds. The Hall–Kier alpha value is -2.64. The van der Waals surface area contributed by atoms with Crippen LogP contribution in [0.4, 0.5) is 23.4 Å². The number of anilines is 1. The highest BCUT2D eigenvalue weighted by Crippen LogP contribution is 2.29. The van der Waals surface area contributed by atoms with Crippen molar-refractivity contribution in [3.8, 4) is 0 Å². The zero-order valence-electron chi connectivity index (χ0n) is 13.8. The van der Waals surface area contributed by atoms with Crippen LogP contribution in [0, 0.1) is 5.82 Å². The molecule has 1 fully saturated rings. The van der Waals surface area contributed by atoms with E-state index in [4.69, 9.17) is 0 Å². The van der Waals surface area contributed by atoms with Gasteiger partial charge in [0, 0.05) is 37.9 Å². The Morgan fingerprint density at radius 3 is 2.31 bits per heavy atom. The first-order valence-corrected chi connectivity index (χ1v) is 8.17. The van der Waals surface area contributed by atoms with Crippen LogP contribution in [-0.4, -0.2) is 42.0 Å². The van der Waals surface area contributed by atoms with Gasteiger partial charge in [-0.05, 0) is 42.8 Å². The van der Waals surface area contributed by atoms with Gasteiger partial charge < -0.3 is 9.80 Å². The standard InChI is InChI=1S/C18H17F4N3O/c19-15-5-2-13(3-6-15)17(26)25-9-1-8-24(10-11-25)16-7-4-14(12-23-16)18(20,21)22/h2-7,12H,1,8-11H2. The maximum absolute atomic E-state index is 13.0. The second-order valence-corrected chi connectivity index (χ2v) is 6.04.